The number of hydrogen-bond donors (Lipinski definition) is 2. The first-order valence-corrected chi connectivity index (χ1v) is 4.98. The van der Waals surface area contributed by atoms with E-state index in [0.717, 1.165) is 0 Å². The summed E-state index contributed by atoms with van der Waals surface area (Å²) in [5, 5.41) is 6.49. The normalized spacial score (nSPS) is 9.64. The van der Waals surface area contributed by atoms with E-state index in [1.54, 1.807) is 0 Å². The molecular formula is C8H5FINO2S. The first-order valence-electron chi connectivity index (χ1n) is 3.45. The fourth-order valence-electron chi connectivity index (χ4n) is 0.816. The second kappa shape index (κ2) is 4.74. The van der Waals surface area contributed by atoms with Crippen LogP contribution in [-0.2, 0) is 4.74 Å². The third-order valence-electron chi connectivity index (χ3n) is 1.37. The van der Waals surface area contributed by atoms with Gasteiger partial charge in [-0.15, -0.1) is 0 Å². The highest BCUT2D eigenvalue weighted by Gasteiger charge is 2.10. The molecule has 0 fully saturated rings. The van der Waals surface area contributed by atoms with Crippen molar-refractivity contribution < 1.29 is 13.9 Å². The minimum Gasteiger partial charge on any atom is -0.399 e. The zero-order chi connectivity index (χ0) is 10.7. The van der Waals surface area contributed by atoms with Crippen molar-refractivity contribution in [3.05, 3.63) is 33.1 Å². The molecule has 0 radical (unpaired) electrons. The Kier molecular flexibility index (Phi) is 3.87. The van der Waals surface area contributed by atoms with Crippen molar-refractivity contribution in [2.75, 3.05) is 0 Å². The molecule has 0 saturated carbocycles. The van der Waals surface area contributed by atoms with Crippen LogP contribution in [0.3, 0.4) is 0 Å². The van der Waals surface area contributed by atoms with E-state index >= 15 is 0 Å². The lowest BCUT2D eigenvalue weighted by Gasteiger charge is -2.04. The van der Waals surface area contributed by atoms with E-state index in [-0.39, 0.29) is 5.90 Å². The van der Waals surface area contributed by atoms with Gasteiger partial charge >= 0.3 is 5.30 Å². The monoisotopic (exact) mass is 325 g/mol. The standard InChI is InChI=1S/C8H5FINO2S/c9-4-1-2-5(6(10)3-4)7(11)13-8(12)14/h1-3,11H,(H,12,14). The van der Waals surface area contributed by atoms with Gasteiger partial charge in [-0.25, -0.2) is 9.18 Å². The Bertz CT molecular complexity index is 397. The van der Waals surface area contributed by atoms with E-state index in [1.807, 2.05) is 22.6 Å². The van der Waals surface area contributed by atoms with Gasteiger partial charge in [-0.3, -0.25) is 5.41 Å². The number of thiol groups is 1. The number of nitrogens with one attached hydrogen (secondary N) is 1. The first kappa shape index (κ1) is 11.4. The van der Waals surface area contributed by atoms with Crippen molar-refractivity contribution in [1.29, 1.82) is 5.41 Å². The number of hydrogen-bond acceptors (Lipinski definition) is 3. The zero-order valence-corrected chi connectivity index (χ0v) is 9.80. The van der Waals surface area contributed by atoms with E-state index in [9.17, 15) is 9.18 Å². The quantitative estimate of drug-likeness (QED) is 0.274. The molecule has 0 aliphatic carbocycles. The number of ether oxygens (including phenoxy) is 1. The van der Waals surface area contributed by atoms with E-state index in [2.05, 4.69) is 17.4 Å². The molecule has 0 unspecified atom stereocenters. The van der Waals surface area contributed by atoms with Crippen LogP contribution in [0.2, 0.25) is 0 Å². The van der Waals surface area contributed by atoms with Crippen LogP contribution in [0.4, 0.5) is 9.18 Å². The molecule has 1 N–H and O–H groups in total. The van der Waals surface area contributed by atoms with Crippen LogP contribution in [0.15, 0.2) is 18.2 Å². The Morgan fingerprint density at radius 1 is 1.57 bits per heavy atom. The number of carbonyl (C=O) groups excluding carboxylic acids is 1. The molecule has 6 heteroatoms. The molecule has 0 atom stereocenters. The van der Waals surface area contributed by atoms with E-state index in [0.29, 0.717) is 9.13 Å². The zero-order valence-electron chi connectivity index (χ0n) is 6.75. The van der Waals surface area contributed by atoms with E-state index < -0.39 is 11.1 Å². The molecule has 0 aliphatic heterocycles. The van der Waals surface area contributed by atoms with Crippen LogP contribution in [0, 0.1) is 14.8 Å². The summed E-state index contributed by atoms with van der Waals surface area (Å²) < 4.78 is 17.6. The fraction of sp³-hybridized carbons (Fsp3) is 0. The maximum atomic E-state index is 12.7. The first-order chi connectivity index (χ1) is 6.50. The summed E-state index contributed by atoms with van der Waals surface area (Å²) in [4.78, 5) is 10.4. The van der Waals surface area contributed by atoms with Crippen molar-refractivity contribution in [2.24, 2.45) is 0 Å². The molecule has 0 amide bonds. The topological polar surface area (TPSA) is 50.1 Å². The van der Waals surface area contributed by atoms with Gasteiger partial charge in [0.1, 0.15) is 5.82 Å². The second-order valence-corrected chi connectivity index (χ2v) is 3.85. The predicted molar refractivity (Wildman–Crippen MR) is 61.4 cm³/mol. The highest BCUT2D eigenvalue weighted by atomic mass is 127. The third kappa shape index (κ3) is 2.95. The molecule has 0 spiro atoms. The van der Waals surface area contributed by atoms with Crippen LogP contribution in [-0.4, -0.2) is 11.2 Å². The lowest BCUT2D eigenvalue weighted by atomic mass is 10.2. The summed E-state index contributed by atoms with van der Waals surface area (Å²) >= 11 is 5.21. The minimum absolute atomic E-state index is 0.339. The Hall–Kier alpha value is -0.630. The minimum atomic E-state index is -0.866. The average Bonchev–Trinajstić information content (AvgIpc) is 2.01. The molecule has 0 saturated heterocycles. The van der Waals surface area contributed by atoms with Crippen molar-refractivity contribution in [3.63, 3.8) is 0 Å². The Morgan fingerprint density at radius 2 is 2.21 bits per heavy atom. The predicted octanol–water partition coefficient (Wildman–Crippen LogP) is 2.82. The van der Waals surface area contributed by atoms with E-state index in [1.165, 1.54) is 18.2 Å². The molecule has 1 aromatic rings. The Balaban J connectivity index is 2.96. The smallest absolute Gasteiger partial charge is 0.370 e. The summed E-state index contributed by atoms with van der Waals surface area (Å²) in [7, 11) is 0. The lowest BCUT2D eigenvalue weighted by molar-refractivity contribution is 0.225. The Labute approximate surface area is 98.7 Å². The number of rotatable bonds is 1. The summed E-state index contributed by atoms with van der Waals surface area (Å²) in [5.74, 6) is -0.738. The molecule has 3 nitrogen and oxygen atoms in total. The van der Waals surface area contributed by atoms with Gasteiger partial charge in [0.15, 0.2) is 0 Å². The molecule has 1 aromatic carbocycles. The SMILES string of the molecule is N=C(OC(=O)S)c1ccc(F)cc1I. The van der Waals surface area contributed by atoms with Crippen LogP contribution in [0.5, 0.6) is 0 Å². The van der Waals surface area contributed by atoms with Gasteiger partial charge in [0.25, 0.3) is 0 Å². The molecular weight excluding hydrogens is 320 g/mol. The highest BCUT2D eigenvalue weighted by Crippen LogP contribution is 2.15. The summed E-state index contributed by atoms with van der Waals surface area (Å²) in [6, 6.07) is 3.81. The molecule has 0 aliphatic rings. The largest absolute Gasteiger partial charge is 0.399 e. The van der Waals surface area contributed by atoms with Gasteiger partial charge in [-0.1, -0.05) is 12.6 Å². The van der Waals surface area contributed by atoms with Crippen molar-refractivity contribution in [2.45, 2.75) is 0 Å². The van der Waals surface area contributed by atoms with Gasteiger partial charge in [0, 0.05) is 3.57 Å². The number of carbonyl (C=O) groups is 1. The molecule has 74 valence electrons. The van der Waals surface area contributed by atoms with Gasteiger partial charge in [0.05, 0.1) is 5.56 Å². The molecule has 0 heterocycles. The molecule has 0 bridgehead atoms. The summed E-state index contributed by atoms with van der Waals surface area (Å²) in [6.07, 6.45) is 0. The summed E-state index contributed by atoms with van der Waals surface area (Å²) in [6.45, 7) is 0. The third-order valence-corrected chi connectivity index (χ3v) is 2.35. The molecule has 1 rings (SSSR count). The number of benzene rings is 1. The molecule has 0 aromatic heterocycles. The van der Waals surface area contributed by atoms with Crippen LogP contribution in [0.25, 0.3) is 0 Å². The molecule has 14 heavy (non-hydrogen) atoms. The van der Waals surface area contributed by atoms with Gasteiger partial charge < -0.3 is 4.74 Å². The van der Waals surface area contributed by atoms with Crippen molar-refractivity contribution >= 4 is 46.4 Å². The van der Waals surface area contributed by atoms with Crippen LogP contribution >= 0.6 is 35.2 Å². The number of halogens is 2. The second-order valence-electron chi connectivity index (χ2n) is 2.32. The average molecular weight is 325 g/mol. The maximum absolute atomic E-state index is 12.7. The van der Waals surface area contributed by atoms with Crippen molar-refractivity contribution in [1.82, 2.24) is 0 Å². The van der Waals surface area contributed by atoms with Gasteiger partial charge in [-0.05, 0) is 40.8 Å². The van der Waals surface area contributed by atoms with Gasteiger partial charge in [-0.2, -0.15) is 0 Å². The van der Waals surface area contributed by atoms with Crippen LogP contribution in [0.1, 0.15) is 5.56 Å². The van der Waals surface area contributed by atoms with Crippen LogP contribution < -0.4 is 0 Å². The highest BCUT2D eigenvalue weighted by molar-refractivity contribution is 14.1. The fourth-order valence-corrected chi connectivity index (χ4v) is 1.63. The van der Waals surface area contributed by atoms with Crippen molar-refractivity contribution in [3.8, 4) is 0 Å². The maximum Gasteiger partial charge on any atom is 0.370 e. The Morgan fingerprint density at radius 3 is 2.71 bits per heavy atom. The van der Waals surface area contributed by atoms with Gasteiger partial charge in [0.2, 0.25) is 5.90 Å². The lowest BCUT2D eigenvalue weighted by Crippen LogP contribution is -2.08. The van der Waals surface area contributed by atoms with E-state index in [4.69, 9.17) is 5.41 Å². The summed E-state index contributed by atoms with van der Waals surface area (Å²) in [5.41, 5.74) is 0.356.